The van der Waals surface area contributed by atoms with Crippen LogP contribution in [0.3, 0.4) is 0 Å². The third-order valence-electron chi connectivity index (χ3n) is 7.43. The molecular weight excluding hydrogens is 426 g/mol. The van der Waals surface area contributed by atoms with E-state index in [1.54, 1.807) is 0 Å². The van der Waals surface area contributed by atoms with Gasteiger partial charge in [0.15, 0.2) is 6.61 Å². The van der Waals surface area contributed by atoms with Crippen LogP contribution in [0.2, 0.25) is 5.02 Å². The molecule has 6 nitrogen and oxygen atoms in total. The molecule has 1 aliphatic heterocycles. The van der Waals surface area contributed by atoms with E-state index in [0.717, 1.165) is 30.7 Å². The molecule has 7 heteroatoms. The van der Waals surface area contributed by atoms with Gasteiger partial charge in [-0.05, 0) is 80.0 Å². The fourth-order valence-corrected chi connectivity index (χ4v) is 5.85. The SMILES string of the molecule is O=C(COc1ccc(C2CC2)cc1)NC12CC(N3CCN(c4ccc(Cl)cc4)C3=O)(C1)C2. The zero-order valence-electron chi connectivity index (χ0n) is 17.9. The van der Waals surface area contributed by atoms with Crippen molar-refractivity contribution in [2.75, 3.05) is 24.6 Å². The number of nitrogens with one attached hydrogen (secondary N) is 1. The highest BCUT2D eigenvalue weighted by molar-refractivity contribution is 6.30. The lowest BCUT2D eigenvalue weighted by molar-refractivity contribution is -0.165. The maximum absolute atomic E-state index is 13.0. The highest BCUT2D eigenvalue weighted by Gasteiger charge is 2.72. The Hall–Kier alpha value is -2.73. The lowest BCUT2D eigenvalue weighted by atomic mass is 9.43. The molecule has 7 rings (SSSR count). The van der Waals surface area contributed by atoms with Gasteiger partial charge in [-0.2, -0.15) is 0 Å². The summed E-state index contributed by atoms with van der Waals surface area (Å²) in [7, 11) is 0. The molecule has 2 aromatic carbocycles. The third kappa shape index (κ3) is 3.32. The van der Waals surface area contributed by atoms with Crippen molar-refractivity contribution in [2.24, 2.45) is 0 Å². The van der Waals surface area contributed by atoms with Gasteiger partial charge in [0.05, 0.1) is 5.54 Å². The molecule has 0 spiro atoms. The molecule has 166 valence electrons. The minimum absolute atomic E-state index is 0.0184. The fraction of sp³-hybridized carbons (Fsp3) is 0.440. The van der Waals surface area contributed by atoms with E-state index in [1.165, 1.54) is 18.4 Å². The summed E-state index contributed by atoms with van der Waals surface area (Å²) in [6.07, 6.45) is 5.01. The van der Waals surface area contributed by atoms with Crippen LogP contribution < -0.4 is 15.0 Å². The Balaban J connectivity index is 0.997. The average molecular weight is 452 g/mol. The van der Waals surface area contributed by atoms with E-state index < -0.39 is 0 Å². The topological polar surface area (TPSA) is 61.9 Å². The van der Waals surface area contributed by atoms with Crippen LogP contribution in [0.15, 0.2) is 48.5 Å². The summed E-state index contributed by atoms with van der Waals surface area (Å²) >= 11 is 5.97. The molecule has 0 radical (unpaired) electrons. The molecule has 5 aliphatic rings. The number of ether oxygens (including phenoxy) is 1. The molecule has 4 aliphatic carbocycles. The number of halogens is 1. The van der Waals surface area contributed by atoms with E-state index in [1.807, 2.05) is 46.2 Å². The molecular formula is C25H26ClN3O3. The number of carbonyl (C=O) groups excluding carboxylic acids is 2. The van der Waals surface area contributed by atoms with E-state index in [0.29, 0.717) is 24.0 Å². The molecule has 2 bridgehead atoms. The highest BCUT2D eigenvalue weighted by atomic mass is 35.5. The molecule has 32 heavy (non-hydrogen) atoms. The van der Waals surface area contributed by atoms with Crippen molar-refractivity contribution in [3.8, 4) is 5.75 Å². The van der Waals surface area contributed by atoms with Gasteiger partial charge in [0.1, 0.15) is 5.75 Å². The Morgan fingerprint density at radius 1 is 1.03 bits per heavy atom. The average Bonchev–Trinajstić information content (AvgIpc) is 3.52. The van der Waals surface area contributed by atoms with Crippen molar-refractivity contribution in [3.63, 3.8) is 0 Å². The number of amides is 3. The standard InChI is InChI=1S/C25H26ClN3O3/c26-19-5-7-20(8-6-19)28-11-12-29(23(28)31)25-14-24(15-25,16-25)27-22(30)13-32-21-9-3-18(4-10-21)17-1-2-17/h3-10,17H,1-2,11-16H2,(H,27,30). The van der Waals surface area contributed by atoms with Gasteiger partial charge in [-0.1, -0.05) is 23.7 Å². The molecule has 1 heterocycles. The van der Waals surface area contributed by atoms with Crippen molar-refractivity contribution in [3.05, 3.63) is 59.1 Å². The largest absolute Gasteiger partial charge is 0.484 e. The van der Waals surface area contributed by atoms with E-state index in [4.69, 9.17) is 16.3 Å². The van der Waals surface area contributed by atoms with Crippen molar-refractivity contribution in [1.29, 1.82) is 0 Å². The molecule has 0 unspecified atom stereocenters. The summed E-state index contributed by atoms with van der Waals surface area (Å²) in [5, 5.41) is 3.81. The Labute approximate surface area is 192 Å². The maximum atomic E-state index is 13.0. The third-order valence-corrected chi connectivity index (χ3v) is 7.68. The van der Waals surface area contributed by atoms with Gasteiger partial charge >= 0.3 is 6.03 Å². The lowest BCUT2D eigenvalue weighted by Crippen LogP contribution is -2.84. The second-order valence-corrected chi connectivity index (χ2v) is 10.2. The predicted octanol–water partition coefficient (Wildman–Crippen LogP) is 4.33. The number of carbonyl (C=O) groups is 2. The van der Waals surface area contributed by atoms with E-state index in [-0.39, 0.29) is 29.6 Å². The van der Waals surface area contributed by atoms with Crippen molar-refractivity contribution < 1.29 is 14.3 Å². The van der Waals surface area contributed by atoms with Gasteiger partial charge in [-0.3, -0.25) is 9.69 Å². The van der Waals surface area contributed by atoms with Gasteiger partial charge < -0.3 is 15.0 Å². The van der Waals surface area contributed by atoms with Gasteiger partial charge in [0.25, 0.3) is 5.91 Å². The maximum Gasteiger partial charge on any atom is 0.325 e. The number of hydrogen-bond donors (Lipinski definition) is 1. The number of anilines is 1. The smallest absolute Gasteiger partial charge is 0.325 e. The lowest BCUT2D eigenvalue weighted by Gasteiger charge is -2.72. The van der Waals surface area contributed by atoms with Crippen LogP contribution in [0.1, 0.15) is 43.6 Å². The van der Waals surface area contributed by atoms with Crippen LogP contribution in [0.4, 0.5) is 10.5 Å². The van der Waals surface area contributed by atoms with Crippen LogP contribution in [-0.2, 0) is 4.79 Å². The molecule has 0 aromatic heterocycles. The van der Waals surface area contributed by atoms with Gasteiger partial charge in [-0.25, -0.2) is 4.79 Å². The second-order valence-electron chi connectivity index (χ2n) is 9.78. The van der Waals surface area contributed by atoms with E-state index >= 15 is 0 Å². The number of benzene rings is 2. The first-order chi connectivity index (χ1) is 15.5. The molecule has 1 saturated heterocycles. The summed E-state index contributed by atoms with van der Waals surface area (Å²) in [5.74, 6) is 1.34. The number of hydrogen-bond acceptors (Lipinski definition) is 3. The minimum Gasteiger partial charge on any atom is -0.484 e. The van der Waals surface area contributed by atoms with Crippen LogP contribution in [0.25, 0.3) is 0 Å². The normalized spacial score (nSPS) is 28.2. The molecule has 5 fully saturated rings. The van der Waals surface area contributed by atoms with Gasteiger partial charge in [0, 0.05) is 29.3 Å². The monoisotopic (exact) mass is 451 g/mol. The Bertz CT molecular complexity index is 1050. The second kappa shape index (κ2) is 7.14. The van der Waals surface area contributed by atoms with Crippen LogP contribution in [-0.4, -0.2) is 47.6 Å². The summed E-state index contributed by atoms with van der Waals surface area (Å²) < 4.78 is 5.68. The molecule has 0 atom stereocenters. The Kier molecular flexibility index (Phi) is 4.44. The molecule has 2 aromatic rings. The Morgan fingerprint density at radius 3 is 2.38 bits per heavy atom. The first-order valence-corrected chi connectivity index (χ1v) is 11.7. The number of rotatable bonds is 7. The van der Waals surface area contributed by atoms with Crippen molar-refractivity contribution in [1.82, 2.24) is 10.2 Å². The van der Waals surface area contributed by atoms with Crippen LogP contribution in [0, 0.1) is 0 Å². The summed E-state index contributed by atoms with van der Waals surface area (Å²) in [6, 6.07) is 15.5. The van der Waals surface area contributed by atoms with Crippen molar-refractivity contribution >= 4 is 29.2 Å². The van der Waals surface area contributed by atoms with Gasteiger partial charge in [0.2, 0.25) is 0 Å². The van der Waals surface area contributed by atoms with E-state index in [2.05, 4.69) is 17.4 Å². The fourth-order valence-electron chi connectivity index (χ4n) is 5.72. The van der Waals surface area contributed by atoms with Crippen molar-refractivity contribution in [2.45, 2.75) is 49.1 Å². The van der Waals surface area contributed by atoms with E-state index in [9.17, 15) is 9.59 Å². The quantitative estimate of drug-likeness (QED) is 0.681. The summed E-state index contributed by atoms with van der Waals surface area (Å²) in [6.45, 7) is 1.41. The Morgan fingerprint density at radius 2 is 1.72 bits per heavy atom. The number of nitrogens with zero attached hydrogens (tertiary/aromatic N) is 2. The van der Waals surface area contributed by atoms with Gasteiger partial charge in [-0.15, -0.1) is 0 Å². The molecule has 4 saturated carbocycles. The highest BCUT2D eigenvalue weighted by Crippen LogP contribution is 2.64. The zero-order chi connectivity index (χ0) is 21.9. The first kappa shape index (κ1) is 19.9. The predicted molar refractivity (Wildman–Crippen MR) is 122 cm³/mol. The minimum atomic E-state index is -0.176. The van der Waals surface area contributed by atoms with Crippen LogP contribution >= 0.6 is 11.6 Å². The number of urea groups is 1. The molecule has 1 N–H and O–H groups in total. The summed E-state index contributed by atoms with van der Waals surface area (Å²) in [5.41, 5.74) is 1.95. The zero-order valence-corrected chi connectivity index (χ0v) is 18.6. The van der Waals surface area contributed by atoms with Crippen LogP contribution in [0.5, 0.6) is 5.75 Å². The molecule has 3 amide bonds. The first-order valence-electron chi connectivity index (χ1n) is 11.3. The summed E-state index contributed by atoms with van der Waals surface area (Å²) in [4.78, 5) is 29.3.